The molecule has 0 saturated carbocycles. The summed E-state index contributed by atoms with van der Waals surface area (Å²) in [6.45, 7) is 2.33. The lowest BCUT2D eigenvalue weighted by Crippen LogP contribution is -2.36. The van der Waals surface area contributed by atoms with E-state index in [1.54, 1.807) is 24.3 Å². The van der Waals surface area contributed by atoms with E-state index < -0.39 is 16.7 Å². The van der Waals surface area contributed by atoms with Crippen molar-refractivity contribution in [1.82, 2.24) is 5.01 Å². The molecule has 0 aliphatic carbocycles. The number of carbonyl (C=O) groups is 2. The number of nitro benzene ring substituents is 1. The lowest BCUT2D eigenvalue weighted by atomic mass is 9.94. The number of nitrogens with zero attached hydrogens (tertiary/aromatic N) is 3. The maximum atomic E-state index is 13.0. The summed E-state index contributed by atoms with van der Waals surface area (Å²) in [6, 6.07) is 12.3. The van der Waals surface area contributed by atoms with Gasteiger partial charge in [0.05, 0.1) is 41.4 Å². The van der Waals surface area contributed by atoms with Crippen molar-refractivity contribution in [3.8, 4) is 11.5 Å². The molecule has 0 bridgehead atoms. The molecule has 0 unspecified atom stereocenters. The fraction of sp³-hybridized carbons (Fsp3) is 0.136. The Morgan fingerprint density at radius 3 is 2.48 bits per heavy atom. The molecule has 31 heavy (non-hydrogen) atoms. The van der Waals surface area contributed by atoms with E-state index in [4.69, 9.17) is 9.47 Å². The molecule has 1 aliphatic heterocycles. The first-order valence-corrected chi connectivity index (χ1v) is 9.40. The second-order valence-corrected chi connectivity index (χ2v) is 6.63. The zero-order valence-corrected chi connectivity index (χ0v) is 16.7. The number of non-ortho nitro benzene ring substituents is 1. The number of benzene rings is 3. The monoisotopic (exact) mass is 419 g/mol. The van der Waals surface area contributed by atoms with E-state index in [9.17, 15) is 19.7 Å². The Balaban J connectivity index is 1.73. The number of methoxy groups -OCH3 is 1. The zero-order valence-electron chi connectivity index (χ0n) is 16.7. The minimum absolute atomic E-state index is 0.167. The summed E-state index contributed by atoms with van der Waals surface area (Å²) in [5, 5.41) is 16.7. The third kappa shape index (κ3) is 3.35. The molecule has 1 heterocycles. The van der Waals surface area contributed by atoms with Gasteiger partial charge in [-0.15, -0.1) is 0 Å². The van der Waals surface area contributed by atoms with Gasteiger partial charge in [0.2, 0.25) is 0 Å². The maximum absolute atomic E-state index is 13.0. The lowest BCUT2D eigenvalue weighted by Gasteiger charge is -2.23. The second kappa shape index (κ2) is 7.86. The number of carbonyl (C=O) groups excluding carboxylic acids is 2. The van der Waals surface area contributed by atoms with Gasteiger partial charge in [0.25, 0.3) is 17.5 Å². The Morgan fingerprint density at radius 1 is 1.06 bits per heavy atom. The molecule has 0 spiro atoms. The molecule has 0 atom stereocenters. The van der Waals surface area contributed by atoms with Crippen molar-refractivity contribution >= 4 is 34.5 Å². The molecule has 0 N–H and O–H groups in total. The van der Waals surface area contributed by atoms with Crippen LogP contribution in [0.2, 0.25) is 0 Å². The van der Waals surface area contributed by atoms with Crippen LogP contribution in [0.25, 0.3) is 10.8 Å². The average Bonchev–Trinajstić information content (AvgIpc) is 2.77. The number of hydrazone groups is 1. The third-order valence-electron chi connectivity index (χ3n) is 4.87. The first kappa shape index (κ1) is 20.0. The van der Waals surface area contributed by atoms with Crippen molar-refractivity contribution in [3.05, 3.63) is 75.3 Å². The predicted molar refractivity (Wildman–Crippen MR) is 113 cm³/mol. The first-order chi connectivity index (χ1) is 15.0. The van der Waals surface area contributed by atoms with Gasteiger partial charge in [0.15, 0.2) is 11.5 Å². The van der Waals surface area contributed by atoms with E-state index in [0.717, 1.165) is 5.01 Å². The normalized spacial score (nSPS) is 13.2. The Labute approximate surface area is 176 Å². The van der Waals surface area contributed by atoms with Crippen molar-refractivity contribution in [2.24, 2.45) is 5.10 Å². The molecule has 0 saturated heterocycles. The Morgan fingerprint density at radius 2 is 1.81 bits per heavy atom. The van der Waals surface area contributed by atoms with Crippen LogP contribution in [0, 0.1) is 10.1 Å². The van der Waals surface area contributed by atoms with Crippen LogP contribution in [0.1, 0.15) is 33.2 Å². The lowest BCUT2D eigenvalue weighted by molar-refractivity contribution is -0.383. The number of hydrogen-bond donors (Lipinski definition) is 0. The number of ether oxygens (including phenoxy) is 2. The molecule has 156 valence electrons. The van der Waals surface area contributed by atoms with Crippen molar-refractivity contribution in [1.29, 1.82) is 0 Å². The van der Waals surface area contributed by atoms with Crippen molar-refractivity contribution in [3.63, 3.8) is 0 Å². The molecular weight excluding hydrogens is 402 g/mol. The molecule has 2 amide bonds. The Bertz CT molecular complexity index is 1250. The van der Waals surface area contributed by atoms with E-state index in [0.29, 0.717) is 23.7 Å². The molecule has 0 fully saturated rings. The van der Waals surface area contributed by atoms with Crippen LogP contribution in [0.15, 0.2) is 53.6 Å². The Kier molecular flexibility index (Phi) is 5.08. The molecule has 3 aromatic carbocycles. The highest BCUT2D eigenvalue weighted by Crippen LogP contribution is 2.35. The summed E-state index contributed by atoms with van der Waals surface area (Å²) in [7, 11) is 1.51. The quantitative estimate of drug-likeness (QED) is 0.260. The van der Waals surface area contributed by atoms with E-state index >= 15 is 0 Å². The third-order valence-corrected chi connectivity index (χ3v) is 4.87. The highest BCUT2D eigenvalue weighted by molar-refractivity contribution is 6.26. The van der Waals surface area contributed by atoms with Gasteiger partial charge in [-0.05, 0) is 48.9 Å². The smallest absolute Gasteiger partial charge is 0.282 e. The van der Waals surface area contributed by atoms with Crippen LogP contribution < -0.4 is 9.47 Å². The van der Waals surface area contributed by atoms with Crippen LogP contribution in [-0.2, 0) is 0 Å². The number of nitro groups is 1. The second-order valence-electron chi connectivity index (χ2n) is 6.63. The number of imide groups is 1. The van der Waals surface area contributed by atoms with Gasteiger partial charge in [-0.25, -0.2) is 0 Å². The molecular formula is C22H17N3O6. The molecule has 1 aliphatic rings. The molecule has 9 heteroatoms. The highest BCUT2D eigenvalue weighted by atomic mass is 16.6. The van der Waals surface area contributed by atoms with Gasteiger partial charge in [0, 0.05) is 11.5 Å². The summed E-state index contributed by atoms with van der Waals surface area (Å²) in [6.07, 6.45) is 1.37. The first-order valence-electron chi connectivity index (χ1n) is 9.40. The van der Waals surface area contributed by atoms with Crippen LogP contribution in [0.4, 0.5) is 5.69 Å². The van der Waals surface area contributed by atoms with Gasteiger partial charge < -0.3 is 9.47 Å². The van der Waals surface area contributed by atoms with Crippen molar-refractivity contribution in [2.45, 2.75) is 6.92 Å². The van der Waals surface area contributed by atoms with Crippen LogP contribution in [0.3, 0.4) is 0 Å². The maximum Gasteiger partial charge on any atom is 0.282 e. The van der Waals surface area contributed by atoms with E-state index in [-0.39, 0.29) is 27.6 Å². The average molecular weight is 419 g/mol. The molecule has 0 aromatic heterocycles. The van der Waals surface area contributed by atoms with Crippen LogP contribution in [-0.4, -0.2) is 41.7 Å². The topological polar surface area (TPSA) is 111 Å². The van der Waals surface area contributed by atoms with E-state index in [1.807, 2.05) is 6.92 Å². The number of amides is 2. The predicted octanol–water partition coefficient (Wildman–Crippen LogP) is 3.79. The summed E-state index contributed by atoms with van der Waals surface area (Å²) in [5.41, 5.74) is 0.780. The minimum Gasteiger partial charge on any atom is -0.493 e. The van der Waals surface area contributed by atoms with E-state index in [2.05, 4.69) is 5.10 Å². The fourth-order valence-electron chi connectivity index (χ4n) is 3.50. The summed E-state index contributed by atoms with van der Waals surface area (Å²) >= 11 is 0. The van der Waals surface area contributed by atoms with Crippen LogP contribution in [0.5, 0.6) is 11.5 Å². The number of hydrogen-bond acceptors (Lipinski definition) is 7. The molecule has 0 radical (unpaired) electrons. The van der Waals surface area contributed by atoms with Gasteiger partial charge in [0.1, 0.15) is 0 Å². The molecule has 3 aromatic rings. The summed E-state index contributed by atoms with van der Waals surface area (Å²) in [5.74, 6) is -0.255. The van der Waals surface area contributed by atoms with Gasteiger partial charge >= 0.3 is 0 Å². The minimum atomic E-state index is -0.655. The molecule has 4 rings (SSSR count). The van der Waals surface area contributed by atoms with Crippen molar-refractivity contribution in [2.75, 3.05) is 13.7 Å². The van der Waals surface area contributed by atoms with Crippen molar-refractivity contribution < 1.29 is 24.0 Å². The Hall–Kier alpha value is -4.27. The SMILES string of the molecule is CCOc1ccc(C=NN2C(=O)c3cccc4c([N+](=O)[O-])ccc(c34)C2=O)cc1OC. The van der Waals surface area contributed by atoms with Crippen LogP contribution >= 0.6 is 0 Å². The fourth-order valence-corrected chi connectivity index (χ4v) is 3.50. The van der Waals surface area contributed by atoms with Gasteiger partial charge in [-0.2, -0.15) is 10.1 Å². The largest absolute Gasteiger partial charge is 0.493 e. The summed E-state index contributed by atoms with van der Waals surface area (Å²) < 4.78 is 10.8. The van der Waals surface area contributed by atoms with E-state index in [1.165, 1.54) is 37.6 Å². The summed E-state index contributed by atoms with van der Waals surface area (Å²) in [4.78, 5) is 36.7. The number of rotatable bonds is 6. The molecule has 9 nitrogen and oxygen atoms in total. The highest BCUT2D eigenvalue weighted by Gasteiger charge is 2.34. The van der Waals surface area contributed by atoms with Gasteiger partial charge in [-0.1, -0.05) is 6.07 Å². The van der Waals surface area contributed by atoms with Gasteiger partial charge in [-0.3, -0.25) is 19.7 Å². The standard InChI is InChI=1S/C22H17N3O6/c1-3-31-18-10-7-13(11-19(18)30-2)12-23-24-21(26)15-6-4-5-14-17(25(28)29)9-8-16(20(14)15)22(24)27/h4-12H,3H2,1-2H3. The zero-order chi connectivity index (χ0) is 22.1.